The van der Waals surface area contributed by atoms with Crippen LogP contribution in [0.5, 0.6) is 5.75 Å². The molecule has 0 bridgehead atoms. The summed E-state index contributed by atoms with van der Waals surface area (Å²) >= 11 is 0. The zero-order chi connectivity index (χ0) is 19.4. The Bertz CT molecular complexity index is 870. The third-order valence-corrected chi connectivity index (χ3v) is 4.45. The van der Waals surface area contributed by atoms with Crippen LogP contribution in [-0.4, -0.2) is 33.4 Å². The van der Waals surface area contributed by atoms with Crippen molar-refractivity contribution in [3.63, 3.8) is 0 Å². The third kappa shape index (κ3) is 4.45. The van der Waals surface area contributed by atoms with Gasteiger partial charge in [0.2, 0.25) is 0 Å². The van der Waals surface area contributed by atoms with Gasteiger partial charge in [-0.1, -0.05) is 18.2 Å². The van der Waals surface area contributed by atoms with Crippen LogP contribution < -0.4 is 15.7 Å². The number of aromatic nitrogens is 2. The fourth-order valence-corrected chi connectivity index (χ4v) is 3.05. The average molecular weight is 402 g/mol. The number of rotatable bonds is 7. The molecule has 2 heterocycles. The van der Waals surface area contributed by atoms with Crippen LogP contribution in [0.15, 0.2) is 47.4 Å². The monoisotopic (exact) mass is 402 g/mol. The Kier molecular flexibility index (Phi) is 5.76. The van der Waals surface area contributed by atoms with Gasteiger partial charge < -0.3 is 4.74 Å². The molecule has 1 fully saturated rings. The highest BCUT2D eigenvalue weighted by Crippen LogP contribution is 2.41. The van der Waals surface area contributed by atoms with E-state index in [0.29, 0.717) is 0 Å². The summed E-state index contributed by atoms with van der Waals surface area (Å²) in [6.45, 7) is -0.995. The predicted octanol–water partition coefficient (Wildman–Crippen LogP) is 2.72. The Morgan fingerprint density at radius 3 is 2.81 bits per heavy atom. The lowest BCUT2D eigenvalue weighted by molar-refractivity contribution is -0.191. The topological polar surface area (TPSA) is 112 Å². The van der Waals surface area contributed by atoms with Crippen molar-refractivity contribution < 1.29 is 32.3 Å². The number of ether oxygens (including phenoxy) is 1. The maximum absolute atomic E-state index is 14.7. The second kappa shape index (κ2) is 8.05. The van der Waals surface area contributed by atoms with E-state index in [2.05, 4.69) is 4.98 Å². The number of hydrogen-bond donors (Lipinski definition) is 2. The lowest BCUT2D eigenvalue weighted by Crippen LogP contribution is -2.37. The minimum atomic E-state index is -2.91. The lowest BCUT2D eigenvalue weighted by atomic mass is 10.2. The van der Waals surface area contributed by atoms with Gasteiger partial charge in [0.25, 0.3) is 5.85 Å². The maximum Gasteiger partial charge on any atom is 0.750 e. The standard InChI is InChI=1S/C15H14F2N3O6P/c16-11-8-13(20-7-6-12(19-22)18-14(20)21)25-15(11,17)9-24-27(23)26-10-4-2-1-3-5-10/h1-7,11,13H,8-9H2,(H-,18,19,21,22)/p+1/t11-,13+,15+/m0/s1. The van der Waals surface area contributed by atoms with E-state index in [0.717, 1.165) is 10.8 Å². The van der Waals surface area contributed by atoms with Gasteiger partial charge >= 0.3 is 13.9 Å². The van der Waals surface area contributed by atoms with Gasteiger partial charge in [0, 0.05) is 17.2 Å². The van der Waals surface area contributed by atoms with Gasteiger partial charge in [-0.2, -0.15) is 4.98 Å². The average Bonchev–Trinajstić information content (AvgIpc) is 2.95. The summed E-state index contributed by atoms with van der Waals surface area (Å²) in [5.41, 5.74) is 0.804. The number of nitrogens with one attached hydrogen (secondary N) is 1. The molecule has 9 nitrogen and oxygen atoms in total. The van der Waals surface area contributed by atoms with Crippen molar-refractivity contribution in [3.05, 3.63) is 53.1 Å². The Morgan fingerprint density at radius 1 is 1.41 bits per heavy atom. The molecular weight excluding hydrogens is 387 g/mol. The molecule has 1 aliphatic heterocycles. The molecule has 0 amide bonds. The first-order chi connectivity index (χ1) is 12.9. The molecule has 12 heteroatoms. The Hall–Kier alpha value is -2.46. The summed E-state index contributed by atoms with van der Waals surface area (Å²) in [6.07, 6.45) is -2.74. The van der Waals surface area contributed by atoms with Crippen LogP contribution >= 0.6 is 8.25 Å². The van der Waals surface area contributed by atoms with Crippen LogP contribution in [0.25, 0.3) is 0 Å². The quantitative estimate of drug-likeness (QED) is 0.537. The molecule has 2 N–H and O–H groups in total. The minimum absolute atomic E-state index is 0.129. The van der Waals surface area contributed by atoms with Crippen LogP contribution in [0.2, 0.25) is 0 Å². The molecule has 144 valence electrons. The smallest absolute Gasteiger partial charge is 0.317 e. The molecular formula is C15H15F2N3O6P+. The van der Waals surface area contributed by atoms with Crippen molar-refractivity contribution in [2.24, 2.45) is 0 Å². The van der Waals surface area contributed by atoms with Crippen molar-refractivity contribution in [2.45, 2.75) is 24.7 Å². The number of hydrogen-bond acceptors (Lipinski definition) is 8. The predicted molar refractivity (Wildman–Crippen MR) is 88.0 cm³/mol. The molecule has 2 aromatic rings. The molecule has 4 atom stereocenters. The van der Waals surface area contributed by atoms with Crippen molar-refractivity contribution >= 4 is 14.1 Å². The second-order valence-electron chi connectivity index (χ2n) is 5.58. The van der Waals surface area contributed by atoms with E-state index >= 15 is 0 Å². The number of anilines is 1. The number of halogens is 2. The number of para-hydroxylation sites is 1. The van der Waals surface area contributed by atoms with E-state index in [1.165, 1.54) is 18.2 Å². The van der Waals surface area contributed by atoms with Gasteiger partial charge in [-0.15, -0.1) is 4.52 Å². The number of nitrogens with zero attached hydrogens (tertiary/aromatic N) is 2. The van der Waals surface area contributed by atoms with E-state index in [1.54, 1.807) is 23.7 Å². The Labute approximate surface area is 152 Å². The largest absolute Gasteiger partial charge is 0.750 e. The molecule has 1 unspecified atom stereocenters. The summed E-state index contributed by atoms with van der Waals surface area (Å²) in [6, 6.07) is 9.26. The summed E-state index contributed by atoms with van der Waals surface area (Å²) in [5, 5.41) is 8.70. The van der Waals surface area contributed by atoms with Crippen LogP contribution in [0.1, 0.15) is 12.6 Å². The van der Waals surface area contributed by atoms with E-state index in [-0.39, 0.29) is 11.6 Å². The second-order valence-corrected chi connectivity index (χ2v) is 6.47. The van der Waals surface area contributed by atoms with Crippen molar-refractivity contribution in [3.8, 4) is 5.75 Å². The first-order valence-electron chi connectivity index (χ1n) is 7.74. The molecule has 27 heavy (non-hydrogen) atoms. The summed E-state index contributed by atoms with van der Waals surface area (Å²) < 4.78 is 56.2. The number of benzene rings is 1. The third-order valence-electron chi connectivity index (χ3n) is 3.75. The van der Waals surface area contributed by atoms with Crippen LogP contribution in [0, 0.1) is 0 Å². The normalized spacial score (nSPS) is 25.2. The lowest BCUT2D eigenvalue weighted by Gasteiger charge is -2.19. The fraction of sp³-hybridized carbons (Fsp3) is 0.333. The van der Waals surface area contributed by atoms with Crippen LogP contribution in [-0.2, 0) is 13.8 Å². The first-order valence-corrected chi connectivity index (χ1v) is 8.84. The summed E-state index contributed by atoms with van der Waals surface area (Å²) in [7, 11) is -2.76. The zero-order valence-electron chi connectivity index (χ0n) is 13.7. The van der Waals surface area contributed by atoms with Gasteiger partial charge in [0.05, 0.1) is 0 Å². The van der Waals surface area contributed by atoms with Crippen molar-refractivity contribution in [2.75, 3.05) is 12.1 Å². The molecule has 0 saturated carbocycles. The van der Waals surface area contributed by atoms with Crippen molar-refractivity contribution in [1.29, 1.82) is 0 Å². The van der Waals surface area contributed by atoms with E-state index in [4.69, 9.17) is 19.0 Å². The number of alkyl halides is 2. The summed E-state index contributed by atoms with van der Waals surface area (Å²) in [5.74, 6) is -2.80. The highest BCUT2D eigenvalue weighted by atomic mass is 31.1. The summed E-state index contributed by atoms with van der Waals surface area (Å²) in [4.78, 5) is 15.3. The van der Waals surface area contributed by atoms with Crippen LogP contribution in [0.4, 0.5) is 14.6 Å². The molecule has 1 aromatic heterocycles. The van der Waals surface area contributed by atoms with Gasteiger partial charge in [0.1, 0.15) is 6.23 Å². The molecule has 1 aliphatic rings. The Morgan fingerprint density at radius 2 is 2.15 bits per heavy atom. The van der Waals surface area contributed by atoms with Crippen LogP contribution in [0.3, 0.4) is 0 Å². The van der Waals surface area contributed by atoms with Gasteiger partial charge in [-0.25, -0.2) is 18.1 Å². The zero-order valence-corrected chi connectivity index (χ0v) is 14.6. The van der Waals surface area contributed by atoms with E-state index < -0.39 is 45.2 Å². The van der Waals surface area contributed by atoms with Gasteiger partial charge in [-0.3, -0.25) is 15.3 Å². The molecule has 1 aromatic carbocycles. The van der Waals surface area contributed by atoms with Crippen molar-refractivity contribution in [1.82, 2.24) is 9.55 Å². The van der Waals surface area contributed by atoms with E-state index in [9.17, 15) is 18.1 Å². The minimum Gasteiger partial charge on any atom is -0.317 e. The first kappa shape index (κ1) is 19.3. The fourth-order valence-electron chi connectivity index (χ4n) is 2.42. The molecule has 3 rings (SSSR count). The molecule has 1 saturated heterocycles. The highest BCUT2D eigenvalue weighted by Gasteiger charge is 2.53. The Balaban J connectivity index is 1.62. The molecule has 0 aliphatic carbocycles. The molecule has 0 radical (unpaired) electrons. The van der Waals surface area contributed by atoms with Gasteiger partial charge in [-0.05, 0) is 18.2 Å². The molecule has 0 spiro atoms. The maximum atomic E-state index is 14.7. The van der Waals surface area contributed by atoms with E-state index in [1.807, 2.05) is 0 Å². The SMILES string of the molecule is O=c1nc(NO)ccn1[C@H]1C[C@H](F)[C@@](F)(CO[P+](=O)Oc2ccccc2)O1. The van der Waals surface area contributed by atoms with Gasteiger partial charge in [0.15, 0.2) is 24.3 Å². The highest BCUT2D eigenvalue weighted by molar-refractivity contribution is 7.33.